The van der Waals surface area contributed by atoms with Crippen LogP contribution in [0.25, 0.3) is 0 Å². The van der Waals surface area contributed by atoms with Crippen LogP contribution in [0.2, 0.25) is 0 Å². The van der Waals surface area contributed by atoms with E-state index in [0.717, 1.165) is 0 Å². The van der Waals surface area contributed by atoms with Crippen molar-refractivity contribution in [3.05, 3.63) is 0 Å². The smallest absolute Gasteiger partial charge is 0.233 e. The van der Waals surface area contributed by atoms with Crippen LogP contribution in [-0.2, 0) is 4.79 Å². The highest BCUT2D eigenvalue weighted by molar-refractivity contribution is 6.06. The summed E-state index contributed by atoms with van der Waals surface area (Å²) in [5.74, 6) is 1.10. The van der Waals surface area contributed by atoms with Gasteiger partial charge in [-0.1, -0.05) is 45.2 Å². The number of nitrogens with zero attached hydrogens (tertiary/aromatic N) is 1. The number of hydrogen-bond acceptors (Lipinski definition) is 3. The van der Waals surface area contributed by atoms with Crippen molar-refractivity contribution in [2.45, 2.75) is 59.3 Å². The van der Waals surface area contributed by atoms with Gasteiger partial charge in [-0.3, -0.25) is 4.79 Å². The van der Waals surface area contributed by atoms with Crippen LogP contribution in [0.5, 0.6) is 0 Å². The molecule has 5 heteroatoms. The molecule has 1 fully saturated rings. The Labute approximate surface area is 122 Å². The van der Waals surface area contributed by atoms with Gasteiger partial charge in [0.1, 0.15) is 5.41 Å². The van der Waals surface area contributed by atoms with Crippen LogP contribution in [0.1, 0.15) is 59.3 Å². The molecule has 116 valence electrons. The van der Waals surface area contributed by atoms with E-state index in [2.05, 4.69) is 17.4 Å². The van der Waals surface area contributed by atoms with Crippen LogP contribution >= 0.6 is 0 Å². The molecule has 20 heavy (non-hydrogen) atoms. The molecular weight excluding hydrogens is 254 g/mol. The third-order valence-electron chi connectivity index (χ3n) is 5.05. The molecule has 4 N–H and O–H groups in total. The molecule has 1 aliphatic carbocycles. The second-order valence-corrected chi connectivity index (χ2v) is 6.01. The van der Waals surface area contributed by atoms with Gasteiger partial charge in [-0.05, 0) is 31.1 Å². The Balaban J connectivity index is 2.67. The van der Waals surface area contributed by atoms with E-state index in [1.54, 1.807) is 0 Å². The van der Waals surface area contributed by atoms with E-state index in [-0.39, 0.29) is 11.7 Å². The fourth-order valence-electron chi connectivity index (χ4n) is 3.23. The molecule has 2 atom stereocenters. The minimum atomic E-state index is -0.882. The van der Waals surface area contributed by atoms with Crippen molar-refractivity contribution in [2.75, 3.05) is 6.54 Å². The van der Waals surface area contributed by atoms with E-state index in [9.17, 15) is 4.79 Å². The van der Waals surface area contributed by atoms with Gasteiger partial charge in [0.25, 0.3) is 0 Å². The van der Waals surface area contributed by atoms with E-state index < -0.39 is 5.41 Å². The molecule has 0 heterocycles. The van der Waals surface area contributed by atoms with Crippen molar-refractivity contribution in [1.29, 1.82) is 0 Å². The van der Waals surface area contributed by atoms with Gasteiger partial charge in [-0.15, -0.1) is 0 Å². The van der Waals surface area contributed by atoms with Gasteiger partial charge in [0, 0.05) is 6.54 Å². The number of carbonyl (C=O) groups is 1. The number of nitrogens with one attached hydrogen (secondary N) is 1. The largest absolute Gasteiger partial charge is 0.409 e. The van der Waals surface area contributed by atoms with Crippen LogP contribution in [-0.4, -0.2) is 23.5 Å². The number of rotatable bonds is 6. The highest BCUT2D eigenvalue weighted by Gasteiger charge is 2.40. The molecule has 1 amide bonds. The average molecular weight is 283 g/mol. The zero-order valence-electron chi connectivity index (χ0n) is 13.0. The Bertz CT molecular complexity index is 351. The molecule has 1 aliphatic rings. The molecule has 5 nitrogen and oxygen atoms in total. The third kappa shape index (κ3) is 3.44. The molecule has 1 rings (SSSR count). The van der Waals surface area contributed by atoms with Crippen molar-refractivity contribution >= 4 is 11.7 Å². The van der Waals surface area contributed by atoms with Gasteiger partial charge in [0.05, 0.1) is 0 Å². The van der Waals surface area contributed by atoms with Crippen LogP contribution in [0.15, 0.2) is 5.16 Å². The van der Waals surface area contributed by atoms with E-state index in [0.29, 0.717) is 31.2 Å². The Morgan fingerprint density at radius 1 is 1.35 bits per heavy atom. The Morgan fingerprint density at radius 2 is 1.95 bits per heavy atom. The molecule has 0 aromatic rings. The minimum absolute atomic E-state index is 0.0108. The van der Waals surface area contributed by atoms with Crippen molar-refractivity contribution in [2.24, 2.45) is 28.1 Å². The van der Waals surface area contributed by atoms with Crippen LogP contribution < -0.4 is 11.1 Å². The summed E-state index contributed by atoms with van der Waals surface area (Å²) in [7, 11) is 0. The van der Waals surface area contributed by atoms with Gasteiger partial charge < -0.3 is 16.3 Å². The molecule has 0 radical (unpaired) electrons. The first-order valence-corrected chi connectivity index (χ1v) is 7.78. The zero-order valence-corrected chi connectivity index (χ0v) is 13.0. The van der Waals surface area contributed by atoms with Gasteiger partial charge >= 0.3 is 0 Å². The number of hydrogen-bond donors (Lipinski definition) is 3. The first kappa shape index (κ1) is 16.8. The Hall–Kier alpha value is -1.26. The standard InChI is InChI=1S/C15H29N3O2/c1-4-15(5-2,13(16)18-20)14(19)17-10-12-9-7-6-8-11(12)3/h11-12,20H,4-10H2,1-3H3,(H2,16,18)(H,17,19). The molecule has 0 aliphatic heterocycles. The third-order valence-corrected chi connectivity index (χ3v) is 5.05. The van der Waals surface area contributed by atoms with E-state index >= 15 is 0 Å². The lowest BCUT2D eigenvalue weighted by molar-refractivity contribution is -0.128. The van der Waals surface area contributed by atoms with Crippen molar-refractivity contribution < 1.29 is 10.0 Å². The number of amides is 1. The zero-order chi connectivity index (χ0) is 15.2. The highest BCUT2D eigenvalue weighted by atomic mass is 16.4. The molecule has 0 bridgehead atoms. The molecular formula is C15H29N3O2. The second kappa shape index (κ2) is 7.50. The van der Waals surface area contributed by atoms with E-state index in [1.165, 1.54) is 25.7 Å². The van der Waals surface area contributed by atoms with Crippen LogP contribution in [0, 0.1) is 17.3 Å². The summed E-state index contributed by atoms with van der Waals surface area (Å²) in [6.45, 7) is 6.74. The first-order chi connectivity index (χ1) is 9.51. The molecule has 1 saturated carbocycles. The Morgan fingerprint density at radius 3 is 2.45 bits per heavy atom. The number of amidine groups is 1. The maximum absolute atomic E-state index is 12.5. The van der Waals surface area contributed by atoms with E-state index in [1.807, 2.05) is 13.8 Å². The predicted molar refractivity (Wildman–Crippen MR) is 80.6 cm³/mol. The van der Waals surface area contributed by atoms with Crippen LogP contribution in [0.3, 0.4) is 0 Å². The van der Waals surface area contributed by atoms with E-state index in [4.69, 9.17) is 10.9 Å². The average Bonchev–Trinajstić information content (AvgIpc) is 2.47. The molecule has 0 aromatic heterocycles. The highest BCUT2D eigenvalue weighted by Crippen LogP contribution is 2.30. The fraction of sp³-hybridized carbons (Fsp3) is 0.867. The molecule has 2 unspecified atom stereocenters. The lowest BCUT2D eigenvalue weighted by Gasteiger charge is -2.32. The number of carbonyl (C=O) groups excluding carboxylic acids is 1. The fourth-order valence-corrected chi connectivity index (χ4v) is 3.23. The maximum atomic E-state index is 12.5. The number of nitrogens with two attached hydrogens (primary N) is 1. The summed E-state index contributed by atoms with van der Waals surface area (Å²) in [6, 6.07) is 0. The van der Waals surface area contributed by atoms with Gasteiger partial charge in [-0.25, -0.2) is 0 Å². The lowest BCUT2D eigenvalue weighted by Crippen LogP contribution is -2.50. The number of oxime groups is 1. The van der Waals surface area contributed by atoms with Crippen molar-refractivity contribution in [3.8, 4) is 0 Å². The maximum Gasteiger partial charge on any atom is 0.233 e. The summed E-state index contributed by atoms with van der Waals surface area (Å²) in [5, 5.41) is 15.0. The van der Waals surface area contributed by atoms with Crippen molar-refractivity contribution in [1.82, 2.24) is 5.32 Å². The molecule has 0 saturated heterocycles. The summed E-state index contributed by atoms with van der Waals surface area (Å²) >= 11 is 0. The molecule has 0 aromatic carbocycles. The first-order valence-electron chi connectivity index (χ1n) is 7.78. The van der Waals surface area contributed by atoms with Gasteiger partial charge in [0.15, 0.2) is 5.84 Å². The topological polar surface area (TPSA) is 87.7 Å². The predicted octanol–water partition coefficient (Wildman–Crippen LogP) is 2.48. The summed E-state index contributed by atoms with van der Waals surface area (Å²) in [4.78, 5) is 12.5. The summed E-state index contributed by atoms with van der Waals surface area (Å²) in [5.41, 5.74) is 4.87. The van der Waals surface area contributed by atoms with Gasteiger partial charge in [0.2, 0.25) is 5.91 Å². The SMILES string of the molecule is CCC(CC)(C(=O)NCC1CCCCC1C)C(N)=NO. The quantitative estimate of drug-likeness (QED) is 0.303. The van der Waals surface area contributed by atoms with Gasteiger partial charge in [-0.2, -0.15) is 0 Å². The normalized spacial score (nSPS) is 24.4. The monoisotopic (exact) mass is 283 g/mol. The second-order valence-electron chi connectivity index (χ2n) is 6.01. The van der Waals surface area contributed by atoms with Crippen molar-refractivity contribution in [3.63, 3.8) is 0 Å². The molecule has 0 spiro atoms. The minimum Gasteiger partial charge on any atom is -0.409 e. The lowest BCUT2D eigenvalue weighted by atomic mass is 9.78. The van der Waals surface area contributed by atoms with Crippen LogP contribution in [0.4, 0.5) is 0 Å². The summed E-state index contributed by atoms with van der Waals surface area (Å²) < 4.78 is 0. The Kier molecular flexibility index (Phi) is 6.30. The summed E-state index contributed by atoms with van der Waals surface area (Å²) in [6.07, 6.45) is 6.03.